The Labute approximate surface area is 553 Å². The molecule has 5 N–H and O–H groups in total. The van der Waals surface area contributed by atoms with E-state index >= 15 is 9.59 Å². The van der Waals surface area contributed by atoms with Crippen molar-refractivity contribution in [1.82, 2.24) is 65.4 Å². The van der Waals surface area contributed by atoms with Crippen LogP contribution in [0.3, 0.4) is 0 Å². The molecule has 2 aliphatic rings. The first kappa shape index (κ1) is 78.0. The highest BCUT2D eigenvalue weighted by atomic mass is 16.3. The van der Waals surface area contributed by atoms with Gasteiger partial charge in [0.05, 0.1) is 19.1 Å². The molecule has 0 radical (unpaired) electrons. The summed E-state index contributed by atoms with van der Waals surface area (Å²) in [7, 11) is 10.5. The Balaban J connectivity index is 1.85. The van der Waals surface area contributed by atoms with Gasteiger partial charge in [-0.25, -0.2) is 0 Å². The molecule has 0 aliphatic carbocycles. The number of rotatable bonds is 13. The summed E-state index contributed by atoms with van der Waals surface area (Å²) in [5, 5.41) is 21.9. The first-order valence-corrected chi connectivity index (χ1v) is 32.3. The number of piperidine rings is 1. The second-order valence-electron chi connectivity index (χ2n) is 26.0. The predicted molar refractivity (Wildman–Crippen MR) is 351 cm³/mol. The summed E-state index contributed by atoms with van der Waals surface area (Å²) in [5.41, 5.74) is 1.23. The van der Waals surface area contributed by atoms with Crippen LogP contribution in [0.1, 0.15) is 112 Å². The van der Waals surface area contributed by atoms with E-state index in [0.717, 1.165) is 58.5 Å². The SMILES string of the molecule is CC(C)C[C@H]1C(=O)N[C@H](C(=O)N(C)[C@@H](Cc2ccccc2)C(=O)N[C@@H](C)C(=O)N2CCCCC2)CC(=O)N(C)[C@@H](C)C(=O)N(C)[C@@H](C)C(=O)N[C@@H](C(C)C)C(=O)N(C)[C@@H](C)C(=O)N(C)[C@@H](Cc2ccccc2)C(=O)N[C@@H]([C@@H](C)O)C(=O)N(C)CC(=O)N(C)[C@@H](C)C(=O)N1C. The lowest BCUT2D eigenvalue weighted by Crippen LogP contribution is -2.61. The van der Waals surface area contributed by atoms with Crippen LogP contribution in [0.4, 0.5) is 0 Å². The van der Waals surface area contributed by atoms with Gasteiger partial charge in [-0.05, 0) is 90.2 Å². The van der Waals surface area contributed by atoms with Gasteiger partial charge in [0.2, 0.25) is 76.8 Å². The van der Waals surface area contributed by atoms with Gasteiger partial charge in [0, 0.05) is 82.3 Å². The Morgan fingerprint density at radius 1 is 0.553 bits per heavy atom. The summed E-state index contributed by atoms with van der Waals surface area (Å²) in [6.45, 7) is 15.7. The number of nitrogens with one attached hydrogen (secondary N) is 4. The second-order valence-corrected chi connectivity index (χ2v) is 26.0. The Kier molecular flexibility index (Phi) is 29.1. The van der Waals surface area contributed by atoms with Crippen LogP contribution in [0.15, 0.2) is 60.7 Å². The van der Waals surface area contributed by atoms with Crippen LogP contribution in [0.25, 0.3) is 0 Å². The van der Waals surface area contributed by atoms with Gasteiger partial charge in [0.25, 0.3) is 0 Å². The molecule has 12 atom stereocenters. The molecule has 4 rings (SSSR count). The highest BCUT2D eigenvalue weighted by Gasteiger charge is 2.43. The van der Waals surface area contributed by atoms with Crippen molar-refractivity contribution in [2.75, 3.05) is 76.0 Å². The summed E-state index contributed by atoms with van der Waals surface area (Å²) in [4.78, 5) is 199. The fraction of sp³-hybridized carbons (Fsp3) is 0.627. The van der Waals surface area contributed by atoms with Gasteiger partial charge in [-0.1, -0.05) is 88.4 Å². The van der Waals surface area contributed by atoms with Crippen molar-refractivity contribution >= 4 is 76.8 Å². The summed E-state index contributed by atoms with van der Waals surface area (Å²) in [6.07, 6.45) is 0.00790. The van der Waals surface area contributed by atoms with E-state index in [-0.39, 0.29) is 31.1 Å². The van der Waals surface area contributed by atoms with Gasteiger partial charge < -0.3 is 70.5 Å². The third kappa shape index (κ3) is 20.3. The normalized spacial score (nSPS) is 25.2. The van der Waals surface area contributed by atoms with E-state index in [9.17, 15) is 57.8 Å². The molecule has 2 aromatic carbocycles. The molecule has 0 bridgehead atoms. The molecule has 520 valence electrons. The Hall–Kier alpha value is -8.49. The molecule has 2 heterocycles. The molecule has 0 saturated carbocycles. The van der Waals surface area contributed by atoms with Crippen molar-refractivity contribution in [3.05, 3.63) is 71.8 Å². The monoisotopic (exact) mass is 1310 g/mol. The number of hydrogen-bond acceptors (Lipinski definition) is 14. The van der Waals surface area contributed by atoms with Crippen LogP contribution in [0.2, 0.25) is 0 Å². The van der Waals surface area contributed by atoms with Gasteiger partial charge in [0.15, 0.2) is 0 Å². The molecule has 2 aliphatic heterocycles. The van der Waals surface area contributed by atoms with Crippen LogP contribution in [0, 0.1) is 11.8 Å². The van der Waals surface area contributed by atoms with Crippen LogP contribution in [-0.4, -0.2) is 275 Å². The molecule has 13 amide bonds. The molecule has 2 aromatic rings. The van der Waals surface area contributed by atoms with Crippen molar-refractivity contribution in [1.29, 1.82) is 0 Å². The van der Waals surface area contributed by atoms with Gasteiger partial charge in [-0.15, -0.1) is 0 Å². The van der Waals surface area contributed by atoms with Gasteiger partial charge in [0.1, 0.15) is 66.5 Å². The van der Waals surface area contributed by atoms with E-state index in [1.54, 1.807) is 100 Å². The third-order valence-electron chi connectivity index (χ3n) is 18.3. The summed E-state index contributed by atoms with van der Waals surface area (Å²) in [5.74, 6) is -10.9. The fourth-order valence-corrected chi connectivity index (χ4v) is 11.3. The van der Waals surface area contributed by atoms with Crippen LogP contribution in [0.5, 0.6) is 0 Å². The standard InChI is InChI=1S/C67H103N13O14/c1-39(2)34-50-59(86)69-49(65(92)79(18)51(35-47-28-22-19-23-29-47)58(85)68-41(5)61(88)80-32-26-21-27-33-80)37-53(82)73(12)43(7)62(89)75(14)42(6)57(84)70-55(40(3)4)67(94)76(15)45(9)64(91)78(17)52(36-48-30-24-20-25-31-48)60(87)71-56(46(10)81)66(93)72(11)38-54(83)74(13)44(8)63(90)77(50)16/h19-20,22-25,28-31,39-46,49-52,55-56,81H,21,26-27,32-38H2,1-18H3,(H,68,85)(H,69,86)(H,70,84)(H,71,87)/t41-,42-,43-,44-,45-,46+,49-,50-,51-,52-,55-,56-/m0/s1. The molecule has 0 aromatic heterocycles. The molecule has 94 heavy (non-hydrogen) atoms. The van der Waals surface area contributed by atoms with Crippen LogP contribution >= 0.6 is 0 Å². The zero-order chi connectivity index (χ0) is 70.9. The third-order valence-corrected chi connectivity index (χ3v) is 18.3. The Morgan fingerprint density at radius 2 is 1.02 bits per heavy atom. The molecule has 0 unspecified atom stereocenters. The maximum absolute atomic E-state index is 15.3. The number of amides is 13. The van der Waals surface area contributed by atoms with E-state index in [0.29, 0.717) is 24.2 Å². The van der Waals surface area contributed by atoms with E-state index < -0.39 is 162 Å². The largest absolute Gasteiger partial charge is 0.391 e. The van der Waals surface area contributed by atoms with Crippen molar-refractivity contribution in [2.24, 2.45) is 11.8 Å². The summed E-state index contributed by atoms with van der Waals surface area (Å²) in [6, 6.07) is 2.38. The number of aliphatic hydroxyl groups excluding tert-OH is 1. The van der Waals surface area contributed by atoms with Crippen LogP contribution < -0.4 is 21.3 Å². The minimum Gasteiger partial charge on any atom is -0.391 e. The number of carbonyl (C=O) groups is 13. The maximum atomic E-state index is 15.3. The zero-order valence-corrected chi connectivity index (χ0v) is 58.2. The molecule has 2 fully saturated rings. The smallest absolute Gasteiger partial charge is 0.248 e. The lowest BCUT2D eigenvalue weighted by atomic mass is 9.99. The fourth-order valence-electron chi connectivity index (χ4n) is 11.3. The van der Waals surface area contributed by atoms with Crippen LogP contribution in [-0.2, 0) is 75.2 Å². The van der Waals surface area contributed by atoms with Gasteiger partial charge in [-0.3, -0.25) is 62.3 Å². The average molecular weight is 1310 g/mol. The summed E-state index contributed by atoms with van der Waals surface area (Å²) >= 11 is 0. The first-order chi connectivity index (χ1) is 43.9. The van der Waals surface area contributed by atoms with Crippen molar-refractivity contribution in [3.63, 3.8) is 0 Å². The van der Waals surface area contributed by atoms with E-state index in [2.05, 4.69) is 21.3 Å². The molecule has 0 spiro atoms. The molecule has 2 saturated heterocycles. The number of benzene rings is 2. The molecular weight excluding hydrogens is 1210 g/mol. The number of nitrogens with zero attached hydrogens (tertiary/aromatic N) is 9. The van der Waals surface area contributed by atoms with Gasteiger partial charge in [-0.2, -0.15) is 0 Å². The molecular formula is C67H103N13O14. The second kappa shape index (κ2) is 35.1. The highest BCUT2D eigenvalue weighted by Crippen LogP contribution is 2.21. The topological polar surface area (TPSA) is 319 Å². The average Bonchev–Trinajstić information content (AvgIpc) is 0.848. The van der Waals surface area contributed by atoms with Crippen molar-refractivity contribution in [3.8, 4) is 0 Å². The van der Waals surface area contributed by atoms with E-state index in [1.165, 1.54) is 91.0 Å². The minimum atomic E-state index is -1.79. The lowest BCUT2D eigenvalue weighted by molar-refractivity contribution is -0.151. The summed E-state index contributed by atoms with van der Waals surface area (Å²) < 4.78 is 0. The van der Waals surface area contributed by atoms with Gasteiger partial charge >= 0.3 is 0 Å². The molecule has 27 heteroatoms. The Morgan fingerprint density at radius 3 is 1.54 bits per heavy atom. The number of hydrogen-bond donors (Lipinski definition) is 5. The lowest BCUT2D eigenvalue weighted by Gasteiger charge is -2.36. The highest BCUT2D eigenvalue weighted by molar-refractivity contribution is 6.00. The van der Waals surface area contributed by atoms with Crippen molar-refractivity contribution < 1.29 is 67.4 Å². The van der Waals surface area contributed by atoms with Crippen molar-refractivity contribution in [2.45, 2.75) is 187 Å². The minimum absolute atomic E-state index is 0.0175. The van der Waals surface area contributed by atoms with E-state index in [1.807, 2.05) is 0 Å². The predicted octanol–water partition coefficient (Wildman–Crippen LogP) is 0.257. The quantitative estimate of drug-likeness (QED) is 0.180. The first-order valence-electron chi connectivity index (χ1n) is 32.3. The van der Waals surface area contributed by atoms with E-state index in [4.69, 9.17) is 0 Å². The maximum Gasteiger partial charge on any atom is 0.248 e. The number of likely N-dealkylation sites (tertiary alicyclic amines) is 1. The number of carbonyl (C=O) groups excluding carboxylic acids is 13. The Bertz CT molecular complexity index is 3020. The molecule has 27 nitrogen and oxygen atoms in total. The number of likely N-dealkylation sites (N-methyl/N-ethyl adjacent to an activating group) is 8. The zero-order valence-electron chi connectivity index (χ0n) is 58.2. The number of aliphatic hydroxyl groups is 1.